The van der Waals surface area contributed by atoms with Crippen LogP contribution in [0.4, 0.5) is 11.6 Å². The largest absolute Gasteiger partial charge is 0.395 e. The van der Waals surface area contributed by atoms with E-state index in [9.17, 15) is 5.11 Å². The SMILES string of the molecule is CCCc1nc(NCC)cc(NC(C)C(CO)SC)n1. The Bertz CT molecular complexity index is 375. The fourth-order valence-corrected chi connectivity index (χ4v) is 2.57. The topological polar surface area (TPSA) is 70.1 Å². The summed E-state index contributed by atoms with van der Waals surface area (Å²) in [6.45, 7) is 7.22. The minimum Gasteiger partial charge on any atom is -0.395 e. The molecule has 1 aromatic heterocycles. The third-order valence-corrected chi connectivity index (χ3v) is 4.18. The second kappa shape index (κ2) is 9.02. The summed E-state index contributed by atoms with van der Waals surface area (Å²) >= 11 is 1.65. The van der Waals surface area contributed by atoms with E-state index in [4.69, 9.17) is 0 Å². The van der Waals surface area contributed by atoms with Gasteiger partial charge in [0.1, 0.15) is 17.5 Å². The van der Waals surface area contributed by atoms with E-state index in [0.717, 1.165) is 36.8 Å². The monoisotopic (exact) mass is 298 g/mol. The normalized spacial score (nSPS) is 13.8. The van der Waals surface area contributed by atoms with Gasteiger partial charge in [0.05, 0.1) is 6.61 Å². The Balaban J connectivity index is 2.86. The molecule has 0 spiro atoms. The number of aliphatic hydroxyl groups is 1. The van der Waals surface area contributed by atoms with Crippen LogP contribution >= 0.6 is 11.8 Å². The highest BCUT2D eigenvalue weighted by Gasteiger charge is 2.16. The molecule has 1 heterocycles. The lowest BCUT2D eigenvalue weighted by molar-refractivity contribution is 0.288. The molecule has 20 heavy (non-hydrogen) atoms. The highest BCUT2D eigenvalue weighted by molar-refractivity contribution is 7.99. The van der Waals surface area contributed by atoms with Gasteiger partial charge in [-0.05, 0) is 26.5 Å². The molecule has 5 nitrogen and oxygen atoms in total. The van der Waals surface area contributed by atoms with E-state index in [2.05, 4.69) is 34.4 Å². The standard InChI is InChI=1S/C14H26N4OS/c1-5-7-12-17-13(15-6-2)8-14(18-12)16-10(3)11(9-19)20-4/h8,10-11,19H,5-7,9H2,1-4H3,(H2,15,16,17,18). The van der Waals surface area contributed by atoms with Gasteiger partial charge in [-0.1, -0.05) is 6.92 Å². The highest BCUT2D eigenvalue weighted by Crippen LogP contribution is 2.17. The van der Waals surface area contributed by atoms with Crippen molar-refractivity contribution < 1.29 is 5.11 Å². The van der Waals surface area contributed by atoms with Crippen LogP contribution < -0.4 is 10.6 Å². The molecular formula is C14H26N4OS. The first-order chi connectivity index (χ1) is 9.64. The minimum absolute atomic E-state index is 0.147. The fraction of sp³-hybridized carbons (Fsp3) is 0.714. The maximum absolute atomic E-state index is 9.35. The second-order valence-electron chi connectivity index (χ2n) is 4.72. The van der Waals surface area contributed by atoms with E-state index in [0.29, 0.717) is 0 Å². The number of hydrogen-bond donors (Lipinski definition) is 3. The van der Waals surface area contributed by atoms with E-state index in [1.165, 1.54) is 0 Å². The summed E-state index contributed by atoms with van der Waals surface area (Å²) in [7, 11) is 0. The molecule has 1 aromatic rings. The number of aliphatic hydroxyl groups excluding tert-OH is 1. The number of hydrogen-bond acceptors (Lipinski definition) is 6. The number of nitrogens with zero attached hydrogens (tertiary/aromatic N) is 2. The zero-order chi connectivity index (χ0) is 15.0. The van der Waals surface area contributed by atoms with Crippen molar-refractivity contribution in [2.75, 3.05) is 30.0 Å². The maximum atomic E-state index is 9.35. The fourth-order valence-electron chi connectivity index (χ4n) is 1.94. The van der Waals surface area contributed by atoms with Crippen LogP contribution in [0.25, 0.3) is 0 Å². The van der Waals surface area contributed by atoms with Crippen LogP contribution in [0.1, 0.15) is 33.0 Å². The average molecular weight is 298 g/mol. The summed E-state index contributed by atoms with van der Waals surface area (Å²) in [5.41, 5.74) is 0. The van der Waals surface area contributed by atoms with Gasteiger partial charge in [0.2, 0.25) is 0 Å². The van der Waals surface area contributed by atoms with E-state index in [1.807, 2.05) is 19.2 Å². The molecule has 0 aliphatic heterocycles. The van der Waals surface area contributed by atoms with Gasteiger partial charge in [0, 0.05) is 30.3 Å². The highest BCUT2D eigenvalue weighted by atomic mass is 32.2. The Morgan fingerprint density at radius 3 is 2.55 bits per heavy atom. The van der Waals surface area contributed by atoms with Crippen LogP contribution in [0.5, 0.6) is 0 Å². The molecule has 1 rings (SSSR count). The van der Waals surface area contributed by atoms with Gasteiger partial charge in [-0.2, -0.15) is 11.8 Å². The lowest BCUT2D eigenvalue weighted by Crippen LogP contribution is -2.31. The molecule has 2 atom stereocenters. The summed E-state index contributed by atoms with van der Waals surface area (Å²) in [4.78, 5) is 9.03. The van der Waals surface area contributed by atoms with Crippen molar-refractivity contribution in [3.8, 4) is 0 Å². The second-order valence-corrected chi connectivity index (χ2v) is 5.80. The minimum atomic E-state index is 0.147. The predicted octanol–water partition coefficient (Wildman–Crippen LogP) is 2.39. The predicted molar refractivity (Wildman–Crippen MR) is 87.7 cm³/mol. The summed E-state index contributed by atoms with van der Waals surface area (Å²) in [5.74, 6) is 2.52. The number of rotatable bonds is 9. The first kappa shape index (κ1) is 17.0. The number of aryl methyl sites for hydroxylation is 1. The molecule has 0 amide bonds. The smallest absolute Gasteiger partial charge is 0.133 e. The van der Waals surface area contributed by atoms with Crippen LogP contribution in [-0.2, 0) is 6.42 Å². The lowest BCUT2D eigenvalue weighted by atomic mass is 10.2. The Labute approximate surface area is 126 Å². The zero-order valence-corrected chi connectivity index (χ0v) is 13.6. The third-order valence-electron chi connectivity index (χ3n) is 3.02. The summed E-state index contributed by atoms with van der Waals surface area (Å²) in [5, 5.41) is 16.1. The molecule has 3 N–H and O–H groups in total. The number of thioether (sulfide) groups is 1. The van der Waals surface area contributed by atoms with Crippen molar-refractivity contribution >= 4 is 23.4 Å². The number of anilines is 2. The van der Waals surface area contributed by atoms with Gasteiger partial charge in [-0.25, -0.2) is 9.97 Å². The van der Waals surface area contributed by atoms with Gasteiger partial charge in [0.25, 0.3) is 0 Å². The van der Waals surface area contributed by atoms with Gasteiger partial charge in [-0.3, -0.25) is 0 Å². The van der Waals surface area contributed by atoms with Gasteiger partial charge in [-0.15, -0.1) is 0 Å². The molecule has 6 heteroatoms. The molecule has 0 saturated heterocycles. The molecule has 0 aromatic carbocycles. The lowest BCUT2D eigenvalue weighted by Gasteiger charge is -2.22. The first-order valence-corrected chi connectivity index (χ1v) is 8.45. The Hall–Kier alpha value is -1.01. The van der Waals surface area contributed by atoms with Crippen molar-refractivity contribution in [1.82, 2.24) is 9.97 Å². The van der Waals surface area contributed by atoms with Crippen LogP contribution in [0.3, 0.4) is 0 Å². The third kappa shape index (κ3) is 5.17. The van der Waals surface area contributed by atoms with E-state index < -0.39 is 0 Å². The molecule has 0 aliphatic rings. The van der Waals surface area contributed by atoms with Crippen LogP contribution in [0, 0.1) is 0 Å². The molecule has 0 bridgehead atoms. The molecule has 2 unspecified atom stereocenters. The Morgan fingerprint density at radius 1 is 1.30 bits per heavy atom. The quantitative estimate of drug-likeness (QED) is 0.650. The number of aromatic nitrogens is 2. The molecule has 0 radical (unpaired) electrons. The van der Waals surface area contributed by atoms with Gasteiger partial charge >= 0.3 is 0 Å². The van der Waals surface area contributed by atoms with Crippen LogP contribution in [-0.4, -0.2) is 45.8 Å². The summed E-state index contributed by atoms with van der Waals surface area (Å²) < 4.78 is 0. The van der Waals surface area contributed by atoms with Crippen LogP contribution in [0.15, 0.2) is 6.07 Å². The maximum Gasteiger partial charge on any atom is 0.133 e. The van der Waals surface area contributed by atoms with Crippen molar-refractivity contribution in [2.24, 2.45) is 0 Å². The zero-order valence-electron chi connectivity index (χ0n) is 12.8. The Morgan fingerprint density at radius 2 is 2.00 bits per heavy atom. The molecule has 114 valence electrons. The van der Waals surface area contributed by atoms with Gasteiger partial charge < -0.3 is 15.7 Å². The van der Waals surface area contributed by atoms with Crippen molar-refractivity contribution in [1.29, 1.82) is 0 Å². The van der Waals surface area contributed by atoms with Crippen molar-refractivity contribution in [2.45, 2.75) is 44.9 Å². The summed E-state index contributed by atoms with van der Waals surface area (Å²) in [6.07, 6.45) is 3.90. The average Bonchev–Trinajstić information content (AvgIpc) is 2.40. The molecule has 0 fully saturated rings. The van der Waals surface area contributed by atoms with E-state index >= 15 is 0 Å². The molecule has 0 aliphatic carbocycles. The van der Waals surface area contributed by atoms with Crippen molar-refractivity contribution in [3.05, 3.63) is 11.9 Å². The van der Waals surface area contributed by atoms with E-state index in [-0.39, 0.29) is 17.9 Å². The summed E-state index contributed by atoms with van der Waals surface area (Å²) in [6, 6.07) is 2.07. The molecule has 0 saturated carbocycles. The van der Waals surface area contributed by atoms with E-state index in [1.54, 1.807) is 11.8 Å². The first-order valence-electron chi connectivity index (χ1n) is 7.16. The molecular weight excluding hydrogens is 272 g/mol. The Kier molecular flexibility index (Phi) is 7.69. The van der Waals surface area contributed by atoms with Gasteiger partial charge in [0.15, 0.2) is 0 Å². The van der Waals surface area contributed by atoms with Crippen molar-refractivity contribution in [3.63, 3.8) is 0 Å². The number of nitrogens with one attached hydrogen (secondary N) is 2. The van der Waals surface area contributed by atoms with Crippen LogP contribution in [0.2, 0.25) is 0 Å².